The fourth-order valence-electron chi connectivity index (χ4n) is 1.86. The Hall–Kier alpha value is -0.780. The quantitative estimate of drug-likeness (QED) is 0.753. The summed E-state index contributed by atoms with van der Waals surface area (Å²) in [6, 6.07) is 9.92. The van der Waals surface area contributed by atoms with E-state index in [0.29, 0.717) is 12.0 Å². The van der Waals surface area contributed by atoms with Crippen LogP contribution in [-0.4, -0.2) is 0 Å². The lowest BCUT2D eigenvalue weighted by Gasteiger charge is -2.15. The molecule has 0 bridgehead atoms. The summed E-state index contributed by atoms with van der Waals surface area (Å²) >= 11 is 6.44. The van der Waals surface area contributed by atoms with Crippen molar-refractivity contribution in [2.24, 2.45) is 5.73 Å². The highest BCUT2D eigenvalue weighted by Gasteiger charge is 2.16. The normalized spacial score (nSPS) is 12.5. The van der Waals surface area contributed by atoms with Crippen LogP contribution in [0, 0.1) is 11.6 Å². The first kappa shape index (κ1) is 14.6. The second-order valence-corrected chi connectivity index (χ2v) is 5.91. The summed E-state index contributed by atoms with van der Waals surface area (Å²) < 4.78 is 27.6. The summed E-state index contributed by atoms with van der Waals surface area (Å²) in [5.74, 6) is -1.78. The van der Waals surface area contributed by atoms with Gasteiger partial charge in [-0.1, -0.05) is 34.1 Å². The van der Waals surface area contributed by atoms with Crippen LogP contribution >= 0.6 is 31.9 Å². The highest BCUT2D eigenvalue weighted by Crippen LogP contribution is 2.29. The lowest BCUT2D eigenvalue weighted by atomic mass is 9.99. The molecular formula is C14H11Br2F2N. The zero-order valence-electron chi connectivity index (χ0n) is 9.84. The van der Waals surface area contributed by atoms with Gasteiger partial charge >= 0.3 is 0 Å². The SMILES string of the molecule is NC(Cc1cccc(Br)c1)c1ccc(F)c(F)c1Br. The van der Waals surface area contributed by atoms with E-state index in [-0.39, 0.29) is 4.47 Å². The van der Waals surface area contributed by atoms with Crippen LogP contribution in [0.25, 0.3) is 0 Å². The Morgan fingerprint density at radius 2 is 1.84 bits per heavy atom. The van der Waals surface area contributed by atoms with Gasteiger partial charge in [0.2, 0.25) is 0 Å². The number of benzene rings is 2. The Kier molecular flexibility index (Phi) is 4.71. The summed E-state index contributed by atoms with van der Waals surface area (Å²) in [7, 11) is 0. The summed E-state index contributed by atoms with van der Waals surface area (Å²) in [5, 5.41) is 0. The summed E-state index contributed by atoms with van der Waals surface area (Å²) in [6.07, 6.45) is 0.545. The zero-order chi connectivity index (χ0) is 14.0. The smallest absolute Gasteiger partial charge is 0.173 e. The fraction of sp³-hybridized carbons (Fsp3) is 0.143. The third-order valence-electron chi connectivity index (χ3n) is 2.81. The van der Waals surface area contributed by atoms with E-state index < -0.39 is 17.7 Å². The van der Waals surface area contributed by atoms with Gasteiger partial charge in [0.1, 0.15) is 0 Å². The number of rotatable bonds is 3. The maximum absolute atomic E-state index is 13.5. The molecule has 0 radical (unpaired) electrons. The van der Waals surface area contributed by atoms with Crippen molar-refractivity contribution < 1.29 is 8.78 Å². The molecule has 0 spiro atoms. The standard InChI is InChI=1S/C14H11Br2F2N/c15-9-3-1-2-8(6-9)7-12(19)10-4-5-11(17)14(18)13(10)16/h1-6,12H,7,19H2. The van der Waals surface area contributed by atoms with E-state index in [1.54, 1.807) is 0 Å². The van der Waals surface area contributed by atoms with Gasteiger partial charge in [0.15, 0.2) is 11.6 Å². The van der Waals surface area contributed by atoms with Crippen molar-refractivity contribution in [1.29, 1.82) is 0 Å². The maximum Gasteiger partial charge on any atom is 0.173 e. The number of halogens is 4. The minimum Gasteiger partial charge on any atom is -0.324 e. The molecule has 19 heavy (non-hydrogen) atoms. The second-order valence-electron chi connectivity index (χ2n) is 4.21. The topological polar surface area (TPSA) is 26.0 Å². The van der Waals surface area contributed by atoms with E-state index in [2.05, 4.69) is 31.9 Å². The van der Waals surface area contributed by atoms with Crippen molar-refractivity contribution in [1.82, 2.24) is 0 Å². The summed E-state index contributed by atoms with van der Waals surface area (Å²) in [6.45, 7) is 0. The van der Waals surface area contributed by atoms with Crippen LogP contribution < -0.4 is 5.73 Å². The molecule has 100 valence electrons. The van der Waals surface area contributed by atoms with Crippen molar-refractivity contribution in [3.05, 3.63) is 68.1 Å². The molecule has 0 fully saturated rings. The van der Waals surface area contributed by atoms with Crippen LogP contribution in [0.1, 0.15) is 17.2 Å². The molecule has 0 aromatic heterocycles. The first-order valence-corrected chi connectivity index (χ1v) is 7.21. The first-order valence-electron chi connectivity index (χ1n) is 5.62. The minimum atomic E-state index is -0.901. The molecule has 0 heterocycles. The highest BCUT2D eigenvalue weighted by molar-refractivity contribution is 9.10. The molecule has 0 aliphatic heterocycles. The molecule has 0 aliphatic carbocycles. The van der Waals surface area contributed by atoms with E-state index >= 15 is 0 Å². The molecule has 0 aliphatic rings. The molecule has 1 nitrogen and oxygen atoms in total. The van der Waals surface area contributed by atoms with Gasteiger partial charge in [-0.2, -0.15) is 0 Å². The largest absolute Gasteiger partial charge is 0.324 e. The predicted molar refractivity (Wildman–Crippen MR) is 78.8 cm³/mol. The van der Waals surface area contributed by atoms with Gasteiger partial charge in [0.25, 0.3) is 0 Å². The fourth-order valence-corrected chi connectivity index (χ4v) is 2.92. The van der Waals surface area contributed by atoms with E-state index in [1.807, 2.05) is 24.3 Å². The monoisotopic (exact) mass is 389 g/mol. The van der Waals surface area contributed by atoms with Gasteiger partial charge in [-0.25, -0.2) is 8.78 Å². The second kappa shape index (κ2) is 6.11. The third-order valence-corrected chi connectivity index (χ3v) is 4.11. The van der Waals surface area contributed by atoms with Crippen LogP contribution in [-0.2, 0) is 6.42 Å². The molecular weight excluding hydrogens is 380 g/mol. The maximum atomic E-state index is 13.5. The van der Waals surface area contributed by atoms with Gasteiger partial charge < -0.3 is 5.73 Å². The number of nitrogens with two attached hydrogens (primary N) is 1. The van der Waals surface area contributed by atoms with E-state index in [9.17, 15) is 8.78 Å². The highest BCUT2D eigenvalue weighted by atomic mass is 79.9. The Morgan fingerprint density at radius 3 is 2.53 bits per heavy atom. The van der Waals surface area contributed by atoms with Crippen molar-refractivity contribution in [2.75, 3.05) is 0 Å². The van der Waals surface area contributed by atoms with Crippen LogP contribution in [0.5, 0.6) is 0 Å². The third kappa shape index (κ3) is 3.41. The minimum absolute atomic E-state index is 0.0926. The van der Waals surface area contributed by atoms with Crippen LogP contribution in [0.15, 0.2) is 45.3 Å². The predicted octanol–water partition coefficient (Wildman–Crippen LogP) is 4.73. The molecule has 5 heteroatoms. The van der Waals surface area contributed by atoms with E-state index in [4.69, 9.17) is 5.73 Å². The molecule has 2 aromatic rings. The molecule has 0 saturated carbocycles. The Bertz CT molecular complexity index is 602. The molecule has 2 rings (SSSR count). The van der Waals surface area contributed by atoms with Gasteiger partial charge in [-0.15, -0.1) is 0 Å². The molecule has 1 unspecified atom stereocenters. The summed E-state index contributed by atoms with van der Waals surface area (Å²) in [4.78, 5) is 0. The molecule has 2 N–H and O–H groups in total. The van der Waals surface area contributed by atoms with Crippen molar-refractivity contribution in [3.63, 3.8) is 0 Å². The average Bonchev–Trinajstić information content (AvgIpc) is 2.36. The first-order chi connectivity index (χ1) is 8.99. The van der Waals surface area contributed by atoms with Gasteiger partial charge in [0, 0.05) is 10.5 Å². The zero-order valence-corrected chi connectivity index (χ0v) is 13.0. The van der Waals surface area contributed by atoms with Crippen LogP contribution in [0.2, 0.25) is 0 Å². The van der Waals surface area contributed by atoms with Crippen molar-refractivity contribution >= 4 is 31.9 Å². The van der Waals surface area contributed by atoms with Crippen molar-refractivity contribution in [2.45, 2.75) is 12.5 Å². The Morgan fingerprint density at radius 1 is 1.11 bits per heavy atom. The molecule has 0 amide bonds. The molecule has 2 aromatic carbocycles. The average molecular weight is 391 g/mol. The lowest BCUT2D eigenvalue weighted by Crippen LogP contribution is -2.14. The van der Waals surface area contributed by atoms with Gasteiger partial charge in [-0.05, 0) is 51.7 Å². The lowest BCUT2D eigenvalue weighted by molar-refractivity contribution is 0.500. The van der Waals surface area contributed by atoms with E-state index in [0.717, 1.165) is 16.1 Å². The Balaban J connectivity index is 2.25. The van der Waals surface area contributed by atoms with E-state index in [1.165, 1.54) is 6.07 Å². The number of hydrogen-bond donors (Lipinski definition) is 1. The molecule has 0 saturated heterocycles. The number of hydrogen-bond acceptors (Lipinski definition) is 1. The summed E-state index contributed by atoms with van der Waals surface area (Å²) in [5.41, 5.74) is 7.64. The Labute approximate surface area is 127 Å². The van der Waals surface area contributed by atoms with Crippen LogP contribution in [0.3, 0.4) is 0 Å². The van der Waals surface area contributed by atoms with Gasteiger partial charge in [0.05, 0.1) is 4.47 Å². The van der Waals surface area contributed by atoms with Gasteiger partial charge in [-0.3, -0.25) is 0 Å². The van der Waals surface area contributed by atoms with Crippen LogP contribution in [0.4, 0.5) is 8.78 Å². The van der Waals surface area contributed by atoms with Crippen molar-refractivity contribution in [3.8, 4) is 0 Å². The molecule has 1 atom stereocenters.